The molecule has 0 aliphatic carbocycles. The van der Waals surface area contributed by atoms with E-state index in [0.29, 0.717) is 11.3 Å². The van der Waals surface area contributed by atoms with Crippen molar-refractivity contribution in [3.05, 3.63) is 11.6 Å². The number of hydrogen-bond donors (Lipinski definition) is 2. The molecule has 1 fully saturated rings. The van der Waals surface area contributed by atoms with Gasteiger partial charge in [-0.05, 0) is 38.4 Å². The van der Waals surface area contributed by atoms with Gasteiger partial charge in [0.2, 0.25) is 0 Å². The lowest BCUT2D eigenvalue weighted by atomic mass is 10.1. The van der Waals surface area contributed by atoms with E-state index in [1.807, 2.05) is 7.05 Å². The normalized spacial score (nSPS) is 24.0. The molecule has 3 rings (SSSR count). The number of aromatic nitrogens is 3. The lowest BCUT2D eigenvalue weighted by Crippen LogP contribution is -2.43. The van der Waals surface area contributed by atoms with E-state index in [2.05, 4.69) is 49.1 Å². The minimum Gasteiger partial charge on any atom is -0.355 e. The summed E-state index contributed by atoms with van der Waals surface area (Å²) in [4.78, 5) is 4.32. The molecule has 1 saturated heterocycles. The van der Waals surface area contributed by atoms with Crippen molar-refractivity contribution < 1.29 is 0 Å². The van der Waals surface area contributed by atoms with Crippen molar-refractivity contribution in [2.24, 2.45) is 4.99 Å². The third-order valence-corrected chi connectivity index (χ3v) is 6.04. The molecule has 1 atom stereocenters. The fourth-order valence-electron chi connectivity index (χ4n) is 3.13. The van der Waals surface area contributed by atoms with Crippen LogP contribution in [0.3, 0.4) is 0 Å². The standard InChI is InChI=1S/C15H26N6S.HI/c1-15(7-5-9-22-15)11-18-14(16-2)17-10-13-20-19-12-6-3-4-8-21(12)13;/h3-11H2,1-2H3,(H2,16,17,18);1H. The first-order valence-corrected chi connectivity index (χ1v) is 9.18. The topological polar surface area (TPSA) is 67.1 Å². The Hall–Kier alpha value is -0.510. The number of thioether (sulfide) groups is 1. The van der Waals surface area contributed by atoms with E-state index in [1.165, 1.54) is 31.4 Å². The van der Waals surface area contributed by atoms with Crippen molar-refractivity contribution in [2.75, 3.05) is 19.3 Å². The van der Waals surface area contributed by atoms with Gasteiger partial charge in [0.15, 0.2) is 11.8 Å². The summed E-state index contributed by atoms with van der Waals surface area (Å²) < 4.78 is 2.59. The number of nitrogens with zero attached hydrogens (tertiary/aromatic N) is 4. The molecule has 0 spiro atoms. The van der Waals surface area contributed by atoms with Crippen LogP contribution in [0.5, 0.6) is 0 Å². The Morgan fingerprint density at radius 2 is 2.17 bits per heavy atom. The first-order valence-electron chi connectivity index (χ1n) is 8.20. The highest BCUT2D eigenvalue weighted by atomic mass is 127. The zero-order valence-electron chi connectivity index (χ0n) is 14.0. The molecule has 1 aromatic rings. The van der Waals surface area contributed by atoms with Gasteiger partial charge in [0.05, 0.1) is 6.54 Å². The highest BCUT2D eigenvalue weighted by molar-refractivity contribution is 14.0. The maximum absolute atomic E-state index is 4.32. The van der Waals surface area contributed by atoms with Gasteiger partial charge in [0.25, 0.3) is 0 Å². The van der Waals surface area contributed by atoms with Gasteiger partial charge in [-0.1, -0.05) is 0 Å². The molecule has 6 nitrogen and oxygen atoms in total. The van der Waals surface area contributed by atoms with Crippen molar-refractivity contribution in [2.45, 2.75) is 56.9 Å². The molecule has 0 saturated carbocycles. The number of aliphatic imine (C=N–C) groups is 1. The van der Waals surface area contributed by atoms with Crippen LogP contribution < -0.4 is 10.6 Å². The van der Waals surface area contributed by atoms with Crippen LogP contribution in [-0.2, 0) is 19.5 Å². The van der Waals surface area contributed by atoms with Crippen molar-refractivity contribution in [1.82, 2.24) is 25.4 Å². The Kier molecular flexibility index (Phi) is 7.00. The molecule has 0 radical (unpaired) electrons. The molecule has 8 heteroatoms. The Balaban J connectivity index is 0.00000192. The lowest BCUT2D eigenvalue weighted by molar-refractivity contribution is 0.504. The van der Waals surface area contributed by atoms with Gasteiger partial charge in [0.1, 0.15) is 5.82 Å². The fraction of sp³-hybridized carbons (Fsp3) is 0.800. The van der Waals surface area contributed by atoms with Gasteiger partial charge >= 0.3 is 0 Å². The zero-order chi connectivity index (χ0) is 15.4. The minimum absolute atomic E-state index is 0. The minimum atomic E-state index is 0. The maximum Gasteiger partial charge on any atom is 0.191 e. The van der Waals surface area contributed by atoms with Gasteiger partial charge in [0, 0.05) is 31.3 Å². The molecular weight excluding hydrogens is 423 g/mol. The van der Waals surface area contributed by atoms with E-state index in [-0.39, 0.29) is 24.0 Å². The third kappa shape index (κ3) is 4.74. The smallest absolute Gasteiger partial charge is 0.191 e. The molecule has 1 aromatic heterocycles. The molecule has 2 aliphatic heterocycles. The van der Waals surface area contributed by atoms with Crippen molar-refractivity contribution in [3.63, 3.8) is 0 Å². The number of halogens is 1. The molecule has 23 heavy (non-hydrogen) atoms. The largest absolute Gasteiger partial charge is 0.355 e. The van der Waals surface area contributed by atoms with E-state index in [0.717, 1.165) is 37.1 Å². The van der Waals surface area contributed by atoms with Gasteiger partial charge in [-0.2, -0.15) is 11.8 Å². The van der Waals surface area contributed by atoms with E-state index < -0.39 is 0 Å². The number of hydrogen-bond acceptors (Lipinski definition) is 4. The number of guanidine groups is 1. The summed E-state index contributed by atoms with van der Waals surface area (Å²) in [6, 6.07) is 0. The molecular formula is C15H27IN6S. The predicted octanol–water partition coefficient (Wildman–Crippen LogP) is 2.18. The summed E-state index contributed by atoms with van der Waals surface area (Å²) in [6.07, 6.45) is 6.10. The number of nitrogens with one attached hydrogen (secondary N) is 2. The lowest BCUT2D eigenvalue weighted by Gasteiger charge is -2.24. The van der Waals surface area contributed by atoms with Crippen molar-refractivity contribution in [1.29, 1.82) is 0 Å². The Morgan fingerprint density at radius 3 is 2.91 bits per heavy atom. The summed E-state index contributed by atoms with van der Waals surface area (Å²) in [5, 5.41) is 15.4. The van der Waals surface area contributed by atoms with Crippen LogP contribution in [0.2, 0.25) is 0 Å². The van der Waals surface area contributed by atoms with Crippen LogP contribution in [0.4, 0.5) is 0 Å². The first kappa shape index (κ1) is 18.8. The van der Waals surface area contributed by atoms with Gasteiger partial charge < -0.3 is 15.2 Å². The van der Waals surface area contributed by atoms with Crippen molar-refractivity contribution >= 4 is 41.7 Å². The zero-order valence-corrected chi connectivity index (χ0v) is 17.1. The van der Waals surface area contributed by atoms with E-state index >= 15 is 0 Å². The van der Waals surface area contributed by atoms with Crippen LogP contribution in [0.1, 0.15) is 44.3 Å². The summed E-state index contributed by atoms with van der Waals surface area (Å²) in [5.74, 6) is 4.26. The highest BCUT2D eigenvalue weighted by Gasteiger charge is 2.29. The first-order chi connectivity index (χ1) is 10.7. The summed E-state index contributed by atoms with van der Waals surface area (Å²) in [6.45, 7) is 5.01. The predicted molar refractivity (Wildman–Crippen MR) is 107 cm³/mol. The molecule has 0 bridgehead atoms. The van der Waals surface area contributed by atoms with Gasteiger partial charge in [-0.3, -0.25) is 4.99 Å². The van der Waals surface area contributed by atoms with Crippen LogP contribution in [0.15, 0.2) is 4.99 Å². The number of aryl methyl sites for hydroxylation is 1. The van der Waals surface area contributed by atoms with Crippen LogP contribution in [0.25, 0.3) is 0 Å². The fourth-order valence-corrected chi connectivity index (χ4v) is 4.37. The van der Waals surface area contributed by atoms with Crippen LogP contribution in [-0.4, -0.2) is 44.8 Å². The number of rotatable bonds is 4. The SMILES string of the molecule is CN=C(NCc1nnc2n1CCCC2)NCC1(C)CCCS1.I. The third-order valence-electron chi connectivity index (χ3n) is 4.50. The Morgan fingerprint density at radius 1 is 1.30 bits per heavy atom. The van der Waals surface area contributed by atoms with Crippen molar-refractivity contribution in [3.8, 4) is 0 Å². The molecule has 3 heterocycles. The quantitative estimate of drug-likeness (QED) is 0.418. The monoisotopic (exact) mass is 450 g/mol. The summed E-state index contributed by atoms with van der Waals surface area (Å²) in [7, 11) is 1.82. The number of fused-ring (bicyclic) bond motifs is 1. The second-order valence-corrected chi connectivity index (χ2v) is 8.00. The molecule has 1 unspecified atom stereocenters. The van der Waals surface area contributed by atoms with Gasteiger partial charge in [-0.15, -0.1) is 34.2 Å². The summed E-state index contributed by atoms with van der Waals surface area (Å²) in [5.41, 5.74) is 0. The molecule has 2 aliphatic rings. The molecule has 0 amide bonds. The molecule has 0 aromatic carbocycles. The van der Waals surface area contributed by atoms with Crippen LogP contribution in [0, 0.1) is 0 Å². The Labute approximate surface area is 159 Å². The van der Waals surface area contributed by atoms with Gasteiger partial charge in [-0.25, -0.2) is 0 Å². The van der Waals surface area contributed by atoms with E-state index in [1.54, 1.807) is 0 Å². The Bertz CT molecular complexity index is 538. The van der Waals surface area contributed by atoms with E-state index in [4.69, 9.17) is 0 Å². The van der Waals surface area contributed by atoms with Crippen LogP contribution >= 0.6 is 35.7 Å². The maximum atomic E-state index is 4.32. The summed E-state index contributed by atoms with van der Waals surface area (Å²) >= 11 is 2.06. The average molecular weight is 450 g/mol. The molecule has 130 valence electrons. The average Bonchev–Trinajstić information content (AvgIpc) is 3.15. The molecule has 2 N–H and O–H groups in total. The highest BCUT2D eigenvalue weighted by Crippen LogP contribution is 2.36. The second-order valence-electron chi connectivity index (χ2n) is 6.32. The van der Waals surface area contributed by atoms with E-state index in [9.17, 15) is 0 Å². The second kappa shape index (κ2) is 8.55.